The predicted octanol–water partition coefficient (Wildman–Crippen LogP) is 3.81. The van der Waals surface area contributed by atoms with Gasteiger partial charge in [-0.3, -0.25) is 5.10 Å². The van der Waals surface area contributed by atoms with Crippen molar-refractivity contribution in [2.24, 2.45) is 0 Å². The Morgan fingerprint density at radius 2 is 1.92 bits per heavy atom. The number of rotatable bonds is 3. The second-order valence-electron chi connectivity index (χ2n) is 7.79. The molecule has 0 bridgehead atoms. The maximum absolute atomic E-state index is 5.44. The fourth-order valence-corrected chi connectivity index (χ4v) is 3.11. The van der Waals surface area contributed by atoms with Gasteiger partial charge in [0.1, 0.15) is 5.82 Å². The molecular formula is C19H24N6O. The molecule has 1 N–H and O–H groups in total. The Hall–Kier alpha value is -2.70. The van der Waals surface area contributed by atoms with E-state index in [9.17, 15) is 0 Å². The first-order chi connectivity index (χ1) is 12.5. The fourth-order valence-electron chi connectivity index (χ4n) is 3.11. The van der Waals surface area contributed by atoms with Crippen LogP contribution in [0.25, 0.3) is 23.0 Å². The van der Waals surface area contributed by atoms with Gasteiger partial charge in [-0.1, -0.05) is 25.9 Å². The summed E-state index contributed by atoms with van der Waals surface area (Å²) in [5.74, 6) is 1.95. The molecule has 7 heteroatoms. The molecule has 26 heavy (non-hydrogen) atoms. The molecule has 1 aliphatic heterocycles. The average molecular weight is 352 g/mol. The Morgan fingerprint density at radius 3 is 2.65 bits per heavy atom. The zero-order chi connectivity index (χ0) is 18.1. The second-order valence-corrected chi connectivity index (χ2v) is 7.79. The summed E-state index contributed by atoms with van der Waals surface area (Å²) in [4.78, 5) is 11.3. The van der Waals surface area contributed by atoms with Gasteiger partial charge in [0.2, 0.25) is 5.82 Å². The highest BCUT2D eigenvalue weighted by Gasteiger charge is 2.20. The van der Waals surface area contributed by atoms with Crippen LogP contribution < -0.4 is 4.90 Å². The quantitative estimate of drug-likeness (QED) is 0.772. The van der Waals surface area contributed by atoms with Crippen LogP contribution in [0.2, 0.25) is 0 Å². The van der Waals surface area contributed by atoms with Crippen molar-refractivity contribution in [1.82, 2.24) is 25.3 Å². The van der Waals surface area contributed by atoms with Crippen LogP contribution >= 0.6 is 0 Å². The number of H-pyrrole nitrogens is 1. The van der Waals surface area contributed by atoms with Gasteiger partial charge >= 0.3 is 0 Å². The van der Waals surface area contributed by atoms with E-state index >= 15 is 0 Å². The first kappa shape index (κ1) is 16.8. The topological polar surface area (TPSA) is 83.7 Å². The van der Waals surface area contributed by atoms with E-state index in [-0.39, 0.29) is 5.41 Å². The van der Waals surface area contributed by atoms with Crippen LogP contribution in [0.15, 0.2) is 28.9 Å². The largest absolute Gasteiger partial charge is 0.357 e. The highest BCUT2D eigenvalue weighted by atomic mass is 16.5. The molecule has 136 valence electrons. The zero-order valence-corrected chi connectivity index (χ0v) is 15.5. The lowest BCUT2D eigenvalue weighted by Gasteiger charge is -2.27. The first-order valence-corrected chi connectivity index (χ1v) is 9.12. The summed E-state index contributed by atoms with van der Waals surface area (Å²) in [7, 11) is 0. The molecule has 0 radical (unpaired) electrons. The maximum Gasteiger partial charge on any atom is 0.278 e. The number of aromatic nitrogens is 5. The van der Waals surface area contributed by atoms with E-state index < -0.39 is 0 Å². The van der Waals surface area contributed by atoms with E-state index in [1.165, 1.54) is 19.3 Å². The number of piperidine rings is 1. The van der Waals surface area contributed by atoms with Crippen molar-refractivity contribution in [3.8, 4) is 23.0 Å². The molecular weight excluding hydrogens is 328 g/mol. The van der Waals surface area contributed by atoms with Crippen LogP contribution in [0.3, 0.4) is 0 Å². The van der Waals surface area contributed by atoms with Crippen molar-refractivity contribution in [3.05, 3.63) is 30.1 Å². The summed E-state index contributed by atoms with van der Waals surface area (Å²) in [5.41, 5.74) is 2.59. The molecule has 3 aromatic rings. The molecule has 0 saturated carbocycles. The van der Waals surface area contributed by atoms with Gasteiger partial charge < -0.3 is 9.42 Å². The molecule has 0 unspecified atom stereocenters. The van der Waals surface area contributed by atoms with E-state index in [1.807, 2.05) is 24.4 Å². The molecule has 3 aromatic heterocycles. The van der Waals surface area contributed by atoms with E-state index in [0.717, 1.165) is 30.2 Å². The summed E-state index contributed by atoms with van der Waals surface area (Å²) >= 11 is 0. The minimum Gasteiger partial charge on any atom is -0.357 e. The molecule has 4 heterocycles. The smallest absolute Gasteiger partial charge is 0.278 e. The minimum absolute atomic E-state index is 0.0114. The maximum atomic E-state index is 5.44. The predicted molar refractivity (Wildman–Crippen MR) is 99.9 cm³/mol. The lowest BCUT2D eigenvalue weighted by atomic mass is 9.92. The van der Waals surface area contributed by atoms with Gasteiger partial charge in [-0.25, -0.2) is 4.98 Å². The van der Waals surface area contributed by atoms with Gasteiger partial charge in [0.25, 0.3) is 5.89 Å². The second kappa shape index (κ2) is 6.55. The van der Waals surface area contributed by atoms with Crippen molar-refractivity contribution in [3.63, 3.8) is 0 Å². The van der Waals surface area contributed by atoms with Gasteiger partial charge in [-0.2, -0.15) is 10.1 Å². The Morgan fingerprint density at radius 1 is 1.12 bits per heavy atom. The Balaban J connectivity index is 1.59. The standard InChI is InChI=1S/C19H24N6O/c1-19(2,3)15-12-14(22-23-15)18-21-17(24-26-18)13-7-8-20-16(11-13)25-9-5-4-6-10-25/h7-8,11-12H,4-6,9-10H2,1-3H3,(H,22,23). The molecule has 4 rings (SSSR count). The lowest BCUT2D eigenvalue weighted by molar-refractivity contribution is 0.431. The molecule has 0 aromatic carbocycles. The van der Waals surface area contributed by atoms with Gasteiger partial charge in [0.05, 0.1) is 0 Å². The number of nitrogens with zero attached hydrogens (tertiary/aromatic N) is 5. The molecule has 0 spiro atoms. The third-order valence-electron chi connectivity index (χ3n) is 4.71. The molecule has 1 saturated heterocycles. The summed E-state index contributed by atoms with van der Waals surface area (Å²) < 4.78 is 5.44. The average Bonchev–Trinajstić information content (AvgIpc) is 3.32. The van der Waals surface area contributed by atoms with Crippen molar-refractivity contribution in [1.29, 1.82) is 0 Å². The summed E-state index contributed by atoms with van der Waals surface area (Å²) in [5, 5.41) is 11.5. The van der Waals surface area contributed by atoms with Crippen LogP contribution in [-0.4, -0.2) is 38.4 Å². The third-order valence-corrected chi connectivity index (χ3v) is 4.71. The van der Waals surface area contributed by atoms with Crippen molar-refractivity contribution in [2.45, 2.75) is 45.4 Å². The van der Waals surface area contributed by atoms with Crippen molar-refractivity contribution < 1.29 is 4.52 Å². The van der Waals surface area contributed by atoms with E-state index in [0.29, 0.717) is 17.4 Å². The minimum atomic E-state index is -0.0114. The Bertz CT molecular complexity index is 885. The molecule has 0 amide bonds. The van der Waals surface area contributed by atoms with E-state index in [2.05, 4.69) is 51.0 Å². The van der Waals surface area contributed by atoms with Gasteiger partial charge in [-0.05, 0) is 37.5 Å². The molecule has 7 nitrogen and oxygen atoms in total. The molecule has 1 aliphatic rings. The van der Waals surface area contributed by atoms with E-state index in [4.69, 9.17) is 4.52 Å². The summed E-state index contributed by atoms with van der Waals surface area (Å²) in [6.07, 6.45) is 5.53. The Labute approximate surface area is 152 Å². The van der Waals surface area contributed by atoms with E-state index in [1.54, 1.807) is 0 Å². The SMILES string of the molecule is CC(C)(C)c1cc(-c2nc(-c3ccnc(N4CCCCC4)c3)no2)n[nH]1. The van der Waals surface area contributed by atoms with Crippen LogP contribution in [0.1, 0.15) is 45.7 Å². The summed E-state index contributed by atoms with van der Waals surface area (Å²) in [6.45, 7) is 8.49. The fraction of sp³-hybridized carbons (Fsp3) is 0.474. The number of aromatic amines is 1. The molecule has 0 atom stereocenters. The van der Waals surface area contributed by atoms with Gasteiger partial charge in [0, 0.05) is 36.0 Å². The number of anilines is 1. The number of hydrogen-bond donors (Lipinski definition) is 1. The number of pyridine rings is 1. The zero-order valence-electron chi connectivity index (χ0n) is 15.5. The first-order valence-electron chi connectivity index (χ1n) is 9.12. The number of hydrogen-bond acceptors (Lipinski definition) is 6. The Kier molecular flexibility index (Phi) is 4.22. The third kappa shape index (κ3) is 3.34. The van der Waals surface area contributed by atoms with Crippen LogP contribution in [-0.2, 0) is 5.41 Å². The van der Waals surface area contributed by atoms with Crippen LogP contribution in [0.4, 0.5) is 5.82 Å². The van der Waals surface area contributed by atoms with Crippen LogP contribution in [0.5, 0.6) is 0 Å². The monoisotopic (exact) mass is 352 g/mol. The molecule has 0 aliphatic carbocycles. The van der Waals surface area contributed by atoms with Crippen molar-refractivity contribution in [2.75, 3.05) is 18.0 Å². The molecule has 1 fully saturated rings. The number of nitrogens with one attached hydrogen (secondary N) is 1. The lowest BCUT2D eigenvalue weighted by Crippen LogP contribution is -2.30. The van der Waals surface area contributed by atoms with Crippen LogP contribution in [0, 0.1) is 0 Å². The van der Waals surface area contributed by atoms with Gasteiger partial charge in [-0.15, -0.1) is 0 Å². The summed E-state index contributed by atoms with van der Waals surface area (Å²) in [6, 6.07) is 5.90. The highest BCUT2D eigenvalue weighted by molar-refractivity contribution is 5.62. The highest BCUT2D eigenvalue weighted by Crippen LogP contribution is 2.27. The normalized spacial score (nSPS) is 15.4. The van der Waals surface area contributed by atoms with Gasteiger partial charge in [0.15, 0.2) is 5.69 Å². The van der Waals surface area contributed by atoms with Crippen molar-refractivity contribution >= 4 is 5.82 Å².